The predicted octanol–water partition coefficient (Wildman–Crippen LogP) is 4.08. The highest BCUT2D eigenvalue weighted by molar-refractivity contribution is 9.10. The molecule has 0 bridgehead atoms. The summed E-state index contributed by atoms with van der Waals surface area (Å²) < 4.78 is 11.3. The van der Waals surface area contributed by atoms with Crippen molar-refractivity contribution in [3.63, 3.8) is 0 Å². The quantitative estimate of drug-likeness (QED) is 0.770. The number of methoxy groups -OCH3 is 2. The molecule has 3 nitrogen and oxygen atoms in total. The summed E-state index contributed by atoms with van der Waals surface area (Å²) in [6.45, 7) is 2.15. The first-order valence-electron chi connectivity index (χ1n) is 6.24. The molecule has 0 heterocycles. The third-order valence-electron chi connectivity index (χ3n) is 2.96. The minimum atomic E-state index is -0.492. The van der Waals surface area contributed by atoms with Crippen molar-refractivity contribution < 1.29 is 14.6 Å². The van der Waals surface area contributed by atoms with E-state index in [1.165, 1.54) is 0 Å². The number of benzene rings is 1. The average Bonchev–Trinajstić information content (AvgIpc) is 2.38. The number of ether oxygens (including phenoxy) is 2. The molecule has 102 valence electrons. The zero-order valence-corrected chi connectivity index (χ0v) is 12.8. The van der Waals surface area contributed by atoms with Crippen molar-refractivity contribution >= 4 is 15.9 Å². The van der Waals surface area contributed by atoms with Gasteiger partial charge in [-0.1, -0.05) is 26.2 Å². The normalized spacial score (nSPS) is 12.3. The number of halogens is 1. The van der Waals surface area contributed by atoms with Gasteiger partial charge in [0.2, 0.25) is 0 Å². The maximum Gasteiger partial charge on any atom is 0.142 e. The molecule has 0 radical (unpaired) electrons. The van der Waals surface area contributed by atoms with E-state index in [-0.39, 0.29) is 0 Å². The van der Waals surface area contributed by atoms with Crippen LogP contribution in [0.25, 0.3) is 0 Å². The third kappa shape index (κ3) is 3.62. The zero-order chi connectivity index (χ0) is 13.5. The molecule has 0 saturated carbocycles. The second-order valence-electron chi connectivity index (χ2n) is 4.22. The summed E-state index contributed by atoms with van der Waals surface area (Å²) in [5.74, 6) is 1.36. The molecule has 4 heteroatoms. The van der Waals surface area contributed by atoms with E-state index in [0.717, 1.165) is 35.7 Å². The maximum absolute atomic E-state index is 10.2. The van der Waals surface area contributed by atoms with E-state index in [9.17, 15) is 5.11 Å². The predicted molar refractivity (Wildman–Crippen MR) is 76.3 cm³/mol. The summed E-state index contributed by atoms with van der Waals surface area (Å²) in [5, 5.41) is 10.2. The van der Waals surface area contributed by atoms with Crippen LogP contribution in [0.3, 0.4) is 0 Å². The molecule has 18 heavy (non-hydrogen) atoms. The van der Waals surface area contributed by atoms with Crippen LogP contribution in [0.2, 0.25) is 0 Å². The zero-order valence-electron chi connectivity index (χ0n) is 11.2. The van der Waals surface area contributed by atoms with Gasteiger partial charge in [-0.15, -0.1) is 0 Å². The second-order valence-corrected chi connectivity index (χ2v) is 5.01. The van der Waals surface area contributed by atoms with E-state index in [0.29, 0.717) is 11.5 Å². The lowest BCUT2D eigenvalue weighted by atomic mass is 10.0. The Morgan fingerprint density at radius 2 is 1.94 bits per heavy atom. The fraction of sp³-hybridized carbons (Fsp3) is 0.571. The van der Waals surface area contributed by atoms with E-state index in [4.69, 9.17) is 9.47 Å². The van der Waals surface area contributed by atoms with Crippen LogP contribution in [-0.2, 0) is 0 Å². The lowest BCUT2D eigenvalue weighted by Gasteiger charge is -2.17. The van der Waals surface area contributed by atoms with Crippen molar-refractivity contribution in [1.29, 1.82) is 0 Å². The highest BCUT2D eigenvalue weighted by Crippen LogP contribution is 2.40. The first-order chi connectivity index (χ1) is 8.65. The monoisotopic (exact) mass is 316 g/mol. The molecule has 0 aliphatic rings. The lowest BCUT2D eigenvalue weighted by molar-refractivity contribution is 0.159. The number of hydrogen-bond donors (Lipinski definition) is 1. The number of hydrogen-bond acceptors (Lipinski definition) is 3. The van der Waals surface area contributed by atoms with Gasteiger partial charge in [0.1, 0.15) is 16.0 Å². The van der Waals surface area contributed by atoms with Crippen molar-refractivity contribution in [2.45, 2.75) is 38.7 Å². The summed E-state index contributed by atoms with van der Waals surface area (Å²) in [5.41, 5.74) is 0.807. The van der Waals surface area contributed by atoms with Gasteiger partial charge in [0, 0.05) is 5.56 Å². The van der Waals surface area contributed by atoms with Gasteiger partial charge in [-0.05, 0) is 34.5 Å². The summed E-state index contributed by atoms with van der Waals surface area (Å²) in [6, 6.07) is 3.70. The SMILES string of the molecule is CCCCCC(O)c1ccc(OC)c(Br)c1OC. The summed E-state index contributed by atoms with van der Waals surface area (Å²) in [6.07, 6.45) is 3.56. The molecule has 0 aromatic heterocycles. The van der Waals surface area contributed by atoms with Crippen molar-refractivity contribution in [2.24, 2.45) is 0 Å². The van der Waals surface area contributed by atoms with Crippen LogP contribution in [0.1, 0.15) is 44.3 Å². The Labute approximate surface area is 117 Å². The van der Waals surface area contributed by atoms with Crippen LogP contribution in [0.5, 0.6) is 11.5 Å². The smallest absolute Gasteiger partial charge is 0.142 e. The maximum atomic E-state index is 10.2. The minimum absolute atomic E-state index is 0.492. The Morgan fingerprint density at radius 1 is 1.22 bits per heavy atom. The van der Waals surface area contributed by atoms with E-state index >= 15 is 0 Å². The molecule has 1 unspecified atom stereocenters. The van der Waals surface area contributed by atoms with Crippen LogP contribution < -0.4 is 9.47 Å². The van der Waals surface area contributed by atoms with Crippen LogP contribution in [0.4, 0.5) is 0 Å². The van der Waals surface area contributed by atoms with Crippen molar-refractivity contribution in [2.75, 3.05) is 14.2 Å². The van der Waals surface area contributed by atoms with Gasteiger partial charge >= 0.3 is 0 Å². The minimum Gasteiger partial charge on any atom is -0.495 e. The molecule has 0 aliphatic heterocycles. The topological polar surface area (TPSA) is 38.7 Å². The van der Waals surface area contributed by atoms with E-state index in [1.807, 2.05) is 12.1 Å². The molecular weight excluding hydrogens is 296 g/mol. The number of rotatable bonds is 7. The molecule has 0 saturated heterocycles. The Morgan fingerprint density at radius 3 is 2.50 bits per heavy atom. The van der Waals surface area contributed by atoms with E-state index in [2.05, 4.69) is 22.9 Å². The fourth-order valence-electron chi connectivity index (χ4n) is 1.92. The van der Waals surface area contributed by atoms with Crippen molar-refractivity contribution in [3.05, 3.63) is 22.2 Å². The third-order valence-corrected chi connectivity index (χ3v) is 3.71. The molecule has 1 aromatic carbocycles. The highest BCUT2D eigenvalue weighted by Gasteiger charge is 2.18. The van der Waals surface area contributed by atoms with Gasteiger partial charge in [0.15, 0.2) is 0 Å². The largest absolute Gasteiger partial charge is 0.495 e. The summed E-state index contributed by atoms with van der Waals surface area (Å²) in [4.78, 5) is 0. The average molecular weight is 317 g/mol. The first kappa shape index (κ1) is 15.3. The molecule has 0 amide bonds. The van der Waals surface area contributed by atoms with Crippen LogP contribution >= 0.6 is 15.9 Å². The lowest BCUT2D eigenvalue weighted by Crippen LogP contribution is -2.02. The molecular formula is C14H21BrO3. The molecule has 1 atom stereocenters. The standard InChI is InChI=1S/C14H21BrO3/c1-4-5-6-7-11(16)10-8-9-12(17-2)13(15)14(10)18-3/h8-9,11,16H,4-7H2,1-3H3. The fourth-order valence-corrected chi connectivity index (χ4v) is 2.61. The summed E-state index contributed by atoms with van der Waals surface area (Å²) in [7, 11) is 3.21. The van der Waals surface area contributed by atoms with E-state index < -0.39 is 6.10 Å². The van der Waals surface area contributed by atoms with Gasteiger partial charge in [-0.3, -0.25) is 0 Å². The number of unbranched alkanes of at least 4 members (excludes halogenated alkanes) is 2. The van der Waals surface area contributed by atoms with Crippen LogP contribution in [0, 0.1) is 0 Å². The second kappa shape index (κ2) is 7.64. The molecule has 1 rings (SSSR count). The Bertz CT molecular complexity index is 380. The Balaban J connectivity index is 2.90. The molecule has 1 N–H and O–H groups in total. The van der Waals surface area contributed by atoms with Crippen molar-refractivity contribution in [1.82, 2.24) is 0 Å². The number of aliphatic hydroxyl groups excluding tert-OH is 1. The molecule has 0 fully saturated rings. The summed E-state index contributed by atoms with van der Waals surface area (Å²) >= 11 is 3.44. The molecule has 0 aliphatic carbocycles. The van der Waals surface area contributed by atoms with Gasteiger partial charge in [0.25, 0.3) is 0 Å². The first-order valence-corrected chi connectivity index (χ1v) is 7.03. The van der Waals surface area contributed by atoms with Gasteiger partial charge < -0.3 is 14.6 Å². The number of aliphatic hydroxyl groups is 1. The molecule has 0 spiro atoms. The van der Waals surface area contributed by atoms with Crippen molar-refractivity contribution in [3.8, 4) is 11.5 Å². The van der Waals surface area contributed by atoms with Crippen LogP contribution in [-0.4, -0.2) is 19.3 Å². The molecule has 1 aromatic rings. The van der Waals surface area contributed by atoms with Gasteiger partial charge in [-0.25, -0.2) is 0 Å². The highest BCUT2D eigenvalue weighted by atomic mass is 79.9. The Kier molecular flexibility index (Phi) is 6.50. The Hall–Kier alpha value is -0.740. The van der Waals surface area contributed by atoms with Gasteiger partial charge in [-0.2, -0.15) is 0 Å². The van der Waals surface area contributed by atoms with E-state index in [1.54, 1.807) is 14.2 Å². The van der Waals surface area contributed by atoms with Gasteiger partial charge in [0.05, 0.1) is 20.3 Å². The van der Waals surface area contributed by atoms with Crippen LogP contribution in [0.15, 0.2) is 16.6 Å².